The first-order valence-corrected chi connectivity index (χ1v) is 17.2. The number of furan rings is 1. The fourth-order valence-corrected chi connectivity index (χ4v) is 10.1. The number of pyridine rings is 1. The van der Waals surface area contributed by atoms with Crippen molar-refractivity contribution in [2.75, 3.05) is 0 Å². The van der Waals surface area contributed by atoms with Gasteiger partial charge in [0.15, 0.2) is 12.0 Å². The van der Waals surface area contributed by atoms with E-state index in [1.54, 1.807) is 23.7 Å². The Morgan fingerprint density at radius 2 is 1.44 bits per heavy atom. The van der Waals surface area contributed by atoms with Gasteiger partial charge in [0, 0.05) is 54.7 Å². The van der Waals surface area contributed by atoms with Gasteiger partial charge in [-0.05, 0) is 54.1 Å². The van der Waals surface area contributed by atoms with Crippen molar-refractivity contribution in [2.24, 2.45) is 0 Å². The smallest absolute Gasteiger partial charge is 0.190 e. The first-order chi connectivity index (χ1) is 22.2. The van der Waals surface area contributed by atoms with Gasteiger partial charge in [0.05, 0.1) is 16.7 Å². The van der Waals surface area contributed by atoms with Crippen LogP contribution in [0.3, 0.4) is 0 Å². The fraction of sp³-hybridized carbons (Fsp3) is 0. The third kappa shape index (κ3) is 4.03. The van der Waals surface area contributed by atoms with Gasteiger partial charge in [-0.2, -0.15) is 0 Å². The second-order valence-electron chi connectivity index (χ2n) is 11.0. The summed E-state index contributed by atoms with van der Waals surface area (Å²) < 4.78 is 24.8. The standard InChI is InChI=1S/C38H24N3O2PS/c42-44(27-8-3-1-4-9-27,28-10-5-2-6-11-28)29-15-16-34-31(23-29)36-32-22-25(14-17-35(32)45-38(36)43-34)30-12-7-13-33-37(30)41(24-40-33)26-18-20-39-21-19-26/h1-24H. The number of aromatic nitrogens is 3. The molecule has 9 aromatic rings. The quantitative estimate of drug-likeness (QED) is 0.181. The van der Waals surface area contributed by atoms with E-state index in [-0.39, 0.29) is 0 Å². The molecule has 0 bridgehead atoms. The first-order valence-electron chi connectivity index (χ1n) is 14.7. The Labute approximate surface area is 262 Å². The molecule has 0 radical (unpaired) electrons. The SMILES string of the molecule is O=P(c1ccccc1)(c1ccccc1)c1ccc2oc3sc4ccc(-c5cccc6ncn(-c7ccncc7)c56)cc4c3c2c1. The summed E-state index contributed by atoms with van der Waals surface area (Å²) in [5, 5.41) is 5.55. The third-order valence-corrected chi connectivity index (χ3v) is 12.6. The van der Waals surface area contributed by atoms with Gasteiger partial charge in [0.1, 0.15) is 11.9 Å². The summed E-state index contributed by atoms with van der Waals surface area (Å²) in [4.78, 5) is 9.76. The Bertz CT molecular complexity index is 2530. The Balaban J connectivity index is 1.27. The van der Waals surface area contributed by atoms with Crippen LogP contribution >= 0.6 is 18.5 Å². The highest BCUT2D eigenvalue weighted by Gasteiger charge is 2.30. The largest absolute Gasteiger partial charge is 0.445 e. The van der Waals surface area contributed by atoms with Crippen LogP contribution in [0.1, 0.15) is 0 Å². The summed E-state index contributed by atoms with van der Waals surface area (Å²) in [5.74, 6) is 0. The van der Waals surface area contributed by atoms with Crippen LogP contribution in [0.25, 0.3) is 59.2 Å². The van der Waals surface area contributed by atoms with Gasteiger partial charge in [0.25, 0.3) is 0 Å². The Morgan fingerprint density at radius 3 is 2.20 bits per heavy atom. The molecule has 9 rings (SSSR count). The van der Waals surface area contributed by atoms with E-state index >= 15 is 4.57 Å². The number of fused-ring (bicyclic) bond motifs is 6. The topological polar surface area (TPSA) is 60.9 Å². The lowest BCUT2D eigenvalue weighted by molar-refractivity contribution is 0.592. The predicted molar refractivity (Wildman–Crippen MR) is 186 cm³/mol. The van der Waals surface area contributed by atoms with Crippen LogP contribution in [-0.4, -0.2) is 14.5 Å². The Morgan fingerprint density at radius 1 is 0.689 bits per heavy atom. The van der Waals surface area contributed by atoms with Gasteiger partial charge >= 0.3 is 0 Å². The van der Waals surface area contributed by atoms with Crippen LogP contribution in [0, 0.1) is 0 Å². The number of thiophene rings is 1. The minimum absolute atomic E-state index is 0.789. The second kappa shape index (κ2) is 10.1. The van der Waals surface area contributed by atoms with Crippen LogP contribution in [0.2, 0.25) is 0 Å². The van der Waals surface area contributed by atoms with E-state index in [2.05, 4.69) is 45.9 Å². The molecule has 0 aliphatic rings. The third-order valence-electron chi connectivity index (χ3n) is 8.51. The van der Waals surface area contributed by atoms with Gasteiger partial charge < -0.3 is 8.98 Å². The maximum absolute atomic E-state index is 15.2. The van der Waals surface area contributed by atoms with E-state index in [0.29, 0.717) is 0 Å². The first kappa shape index (κ1) is 26.1. The van der Waals surface area contributed by atoms with Crippen LogP contribution in [0.5, 0.6) is 0 Å². The molecule has 0 aliphatic heterocycles. The molecule has 0 fully saturated rings. The molecule has 5 nitrogen and oxygen atoms in total. The van der Waals surface area contributed by atoms with E-state index < -0.39 is 7.14 Å². The minimum atomic E-state index is -3.14. The summed E-state index contributed by atoms with van der Waals surface area (Å²) in [6.07, 6.45) is 5.46. The minimum Gasteiger partial charge on any atom is -0.445 e. The average Bonchev–Trinajstić information content (AvgIpc) is 3.80. The molecule has 7 heteroatoms. The number of nitrogens with zero attached hydrogens (tertiary/aromatic N) is 3. The second-order valence-corrected chi connectivity index (χ2v) is 14.8. The van der Waals surface area contributed by atoms with Crippen molar-refractivity contribution >= 4 is 76.8 Å². The van der Waals surface area contributed by atoms with Crippen LogP contribution in [0.4, 0.5) is 0 Å². The Kier molecular flexibility index (Phi) is 5.89. The highest BCUT2D eigenvalue weighted by molar-refractivity contribution is 7.85. The molecule has 0 spiro atoms. The predicted octanol–water partition coefficient (Wildman–Crippen LogP) is 8.84. The number of hydrogen-bond donors (Lipinski definition) is 0. The van der Waals surface area contributed by atoms with E-state index in [1.807, 2.05) is 97.3 Å². The molecule has 0 aliphatic carbocycles. The molecule has 5 aromatic carbocycles. The van der Waals surface area contributed by atoms with Gasteiger partial charge in [0.2, 0.25) is 0 Å². The van der Waals surface area contributed by atoms with Gasteiger partial charge in [-0.15, -0.1) is 0 Å². The van der Waals surface area contributed by atoms with Gasteiger partial charge in [-0.25, -0.2) is 4.98 Å². The van der Waals surface area contributed by atoms with Crippen LogP contribution in [0.15, 0.2) is 151 Å². The van der Waals surface area contributed by atoms with E-state index in [9.17, 15) is 0 Å². The van der Waals surface area contributed by atoms with Crippen molar-refractivity contribution in [1.29, 1.82) is 0 Å². The van der Waals surface area contributed by atoms with Crippen LogP contribution in [-0.2, 0) is 4.57 Å². The highest BCUT2D eigenvalue weighted by atomic mass is 32.1. The Hall–Kier alpha value is -5.29. The van der Waals surface area contributed by atoms with Crippen molar-refractivity contribution in [1.82, 2.24) is 14.5 Å². The van der Waals surface area contributed by atoms with Gasteiger partial charge in [-0.3, -0.25) is 9.55 Å². The normalized spacial score (nSPS) is 12.1. The lowest BCUT2D eigenvalue weighted by atomic mass is 10.0. The maximum atomic E-state index is 15.2. The summed E-state index contributed by atoms with van der Waals surface area (Å²) in [5.41, 5.74) is 5.95. The maximum Gasteiger partial charge on any atom is 0.190 e. The van der Waals surface area contributed by atoms with Crippen molar-refractivity contribution < 1.29 is 8.98 Å². The fourth-order valence-electron chi connectivity index (χ4n) is 6.39. The molecule has 214 valence electrons. The molecule has 0 saturated carbocycles. The van der Waals surface area contributed by atoms with Crippen molar-refractivity contribution in [3.8, 4) is 16.8 Å². The molecule has 4 heterocycles. The molecule has 4 aromatic heterocycles. The van der Waals surface area contributed by atoms with E-state index in [0.717, 1.165) is 75.1 Å². The molecule has 0 amide bonds. The molecule has 0 saturated heterocycles. The van der Waals surface area contributed by atoms with Crippen molar-refractivity contribution in [3.05, 3.63) is 146 Å². The van der Waals surface area contributed by atoms with Crippen LogP contribution < -0.4 is 15.9 Å². The summed E-state index contributed by atoms with van der Waals surface area (Å²) in [6, 6.07) is 42.4. The number of hydrogen-bond acceptors (Lipinski definition) is 5. The zero-order valence-corrected chi connectivity index (χ0v) is 25.6. The highest BCUT2D eigenvalue weighted by Crippen LogP contribution is 2.46. The molecular formula is C38H24N3O2PS. The molecule has 0 unspecified atom stereocenters. The van der Waals surface area contributed by atoms with Crippen molar-refractivity contribution in [3.63, 3.8) is 0 Å². The van der Waals surface area contributed by atoms with Crippen molar-refractivity contribution in [2.45, 2.75) is 0 Å². The number of imidazole rings is 1. The van der Waals surface area contributed by atoms with Gasteiger partial charge in [-0.1, -0.05) is 90.2 Å². The molecule has 0 N–H and O–H groups in total. The number of rotatable bonds is 5. The summed E-state index contributed by atoms with van der Waals surface area (Å²) in [6.45, 7) is 0. The average molecular weight is 618 g/mol. The summed E-state index contributed by atoms with van der Waals surface area (Å²) >= 11 is 1.64. The zero-order chi connectivity index (χ0) is 30.0. The lowest BCUT2D eigenvalue weighted by Gasteiger charge is -2.20. The molecular weight excluding hydrogens is 593 g/mol. The lowest BCUT2D eigenvalue weighted by Crippen LogP contribution is -2.24. The monoisotopic (exact) mass is 617 g/mol. The molecule has 45 heavy (non-hydrogen) atoms. The number of para-hydroxylation sites is 1. The summed E-state index contributed by atoms with van der Waals surface area (Å²) in [7, 11) is -3.14. The molecule has 0 atom stereocenters. The zero-order valence-electron chi connectivity index (χ0n) is 23.9. The number of benzene rings is 5. The van der Waals surface area contributed by atoms with E-state index in [1.165, 1.54) is 0 Å². The van der Waals surface area contributed by atoms with E-state index in [4.69, 9.17) is 9.40 Å².